The van der Waals surface area contributed by atoms with E-state index in [1.807, 2.05) is 30.3 Å². The summed E-state index contributed by atoms with van der Waals surface area (Å²) in [5.74, 6) is 0.848. The van der Waals surface area contributed by atoms with Gasteiger partial charge in [0.1, 0.15) is 11.3 Å². The molecule has 6 nitrogen and oxygen atoms in total. The Labute approximate surface area is 119 Å². The molecule has 3 heterocycles. The molecule has 0 saturated heterocycles. The number of nitrogens with two attached hydrogens (primary N) is 1. The van der Waals surface area contributed by atoms with Crippen LogP contribution in [-0.2, 0) is 0 Å². The highest BCUT2D eigenvalue weighted by atomic mass is 16.3. The van der Waals surface area contributed by atoms with E-state index in [1.165, 1.54) is 0 Å². The van der Waals surface area contributed by atoms with Gasteiger partial charge in [0.25, 0.3) is 0 Å². The smallest absolute Gasteiger partial charge is 0.231 e. The number of benzene rings is 1. The predicted octanol–water partition coefficient (Wildman–Crippen LogP) is 2.86. The number of rotatable bonds is 2. The van der Waals surface area contributed by atoms with Gasteiger partial charge in [0, 0.05) is 23.5 Å². The van der Waals surface area contributed by atoms with Gasteiger partial charge in [0.2, 0.25) is 5.89 Å². The van der Waals surface area contributed by atoms with E-state index in [1.54, 1.807) is 18.6 Å². The number of nitrogens with one attached hydrogen (secondary N) is 1. The van der Waals surface area contributed by atoms with Crippen LogP contribution in [0.5, 0.6) is 0 Å². The Morgan fingerprint density at radius 1 is 1.10 bits per heavy atom. The summed E-state index contributed by atoms with van der Waals surface area (Å²) < 4.78 is 5.75. The molecule has 0 aliphatic heterocycles. The minimum Gasteiger partial charge on any atom is -0.436 e. The van der Waals surface area contributed by atoms with Gasteiger partial charge in [0.05, 0.1) is 11.8 Å². The lowest BCUT2D eigenvalue weighted by atomic mass is 10.1. The van der Waals surface area contributed by atoms with Crippen LogP contribution in [0.1, 0.15) is 0 Å². The van der Waals surface area contributed by atoms with Crippen LogP contribution in [0.2, 0.25) is 0 Å². The third-order valence-corrected chi connectivity index (χ3v) is 3.27. The second-order valence-electron chi connectivity index (χ2n) is 4.63. The average molecular weight is 277 g/mol. The highest BCUT2D eigenvalue weighted by Gasteiger charge is 2.13. The van der Waals surface area contributed by atoms with Crippen LogP contribution in [-0.4, -0.2) is 20.2 Å². The SMILES string of the molecule is Nc1ncc(-c2cn[nH]c2)cc1-c1nc2ccccc2o1. The van der Waals surface area contributed by atoms with Crippen molar-refractivity contribution in [3.05, 3.63) is 48.9 Å². The van der Waals surface area contributed by atoms with Gasteiger partial charge >= 0.3 is 0 Å². The lowest BCUT2D eigenvalue weighted by molar-refractivity contribution is 0.620. The molecule has 1 aromatic carbocycles. The van der Waals surface area contributed by atoms with Crippen molar-refractivity contribution < 1.29 is 4.42 Å². The van der Waals surface area contributed by atoms with Crippen LogP contribution in [0.4, 0.5) is 5.82 Å². The number of pyridine rings is 1. The van der Waals surface area contributed by atoms with E-state index in [2.05, 4.69) is 20.2 Å². The zero-order valence-electron chi connectivity index (χ0n) is 10.9. The molecule has 0 aliphatic carbocycles. The lowest BCUT2D eigenvalue weighted by Crippen LogP contribution is -1.94. The fraction of sp³-hybridized carbons (Fsp3) is 0. The first kappa shape index (κ1) is 11.7. The lowest BCUT2D eigenvalue weighted by Gasteiger charge is -2.03. The molecule has 4 rings (SSSR count). The summed E-state index contributed by atoms with van der Waals surface area (Å²) in [6.45, 7) is 0. The largest absolute Gasteiger partial charge is 0.436 e. The van der Waals surface area contributed by atoms with Crippen molar-refractivity contribution in [1.29, 1.82) is 0 Å². The van der Waals surface area contributed by atoms with Crippen molar-refractivity contribution in [3.63, 3.8) is 0 Å². The summed E-state index contributed by atoms with van der Waals surface area (Å²) in [4.78, 5) is 8.67. The molecular formula is C15H11N5O. The number of anilines is 1. The highest BCUT2D eigenvalue weighted by molar-refractivity contribution is 5.80. The molecule has 0 amide bonds. The van der Waals surface area contributed by atoms with Crippen LogP contribution in [0.3, 0.4) is 0 Å². The maximum atomic E-state index is 5.96. The molecular weight excluding hydrogens is 266 g/mol. The summed E-state index contributed by atoms with van der Waals surface area (Å²) >= 11 is 0. The van der Waals surface area contributed by atoms with Crippen molar-refractivity contribution in [2.24, 2.45) is 0 Å². The number of aromatic amines is 1. The summed E-state index contributed by atoms with van der Waals surface area (Å²) in [7, 11) is 0. The third-order valence-electron chi connectivity index (χ3n) is 3.27. The molecule has 0 fully saturated rings. The molecule has 0 radical (unpaired) electrons. The number of hydrogen-bond donors (Lipinski definition) is 2. The average Bonchev–Trinajstić information content (AvgIpc) is 3.17. The molecule has 3 N–H and O–H groups in total. The zero-order chi connectivity index (χ0) is 14.2. The van der Waals surface area contributed by atoms with Crippen molar-refractivity contribution in [2.45, 2.75) is 0 Å². The number of nitrogens with zero attached hydrogens (tertiary/aromatic N) is 3. The molecule has 3 aromatic heterocycles. The van der Waals surface area contributed by atoms with E-state index in [0.717, 1.165) is 22.2 Å². The number of para-hydroxylation sites is 2. The highest BCUT2D eigenvalue weighted by Crippen LogP contribution is 2.30. The molecule has 0 atom stereocenters. The van der Waals surface area contributed by atoms with Crippen LogP contribution in [0, 0.1) is 0 Å². The number of nitrogen functional groups attached to an aromatic ring is 1. The van der Waals surface area contributed by atoms with Crippen molar-refractivity contribution in [2.75, 3.05) is 5.73 Å². The predicted molar refractivity (Wildman–Crippen MR) is 79.2 cm³/mol. The third kappa shape index (κ3) is 1.93. The quantitative estimate of drug-likeness (QED) is 0.587. The molecule has 102 valence electrons. The van der Waals surface area contributed by atoms with Crippen molar-refractivity contribution in [3.8, 4) is 22.6 Å². The second kappa shape index (κ2) is 4.45. The summed E-state index contributed by atoms with van der Waals surface area (Å²) in [6.07, 6.45) is 5.22. The molecule has 0 aliphatic rings. The molecule has 6 heteroatoms. The Morgan fingerprint density at radius 2 is 2.00 bits per heavy atom. The number of H-pyrrole nitrogens is 1. The van der Waals surface area contributed by atoms with E-state index < -0.39 is 0 Å². The van der Waals surface area contributed by atoms with Crippen molar-refractivity contribution >= 4 is 16.9 Å². The van der Waals surface area contributed by atoms with Gasteiger partial charge in [-0.15, -0.1) is 0 Å². The minimum absolute atomic E-state index is 0.383. The topological polar surface area (TPSA) is 93.6 Å². The van der Waals surface area contributed by atoms with E-state index in [-0.39, 0.29) is 0 Å². The zero-order valence-corrected chi connectivity index (χ0v) is 10.9. The van der Waals surface area contributed by atoms with Gasteiger partial charge in [-0.05, 0) is 18.2 Å². The molecule has 0 bridgehead atoms. The standard InChI is InChI=1S/C15H11N5O/c16-14-11(5-9(6-17-14)10-7-18-19-8-10)15-20-12-3-1-2-4-13(12)21-15/h1-8H,(H2,16,17)(H,18,19). The normalized spacial score (nSPS) is 11.0. The first-order valence-electron chi connectivity index (χ1n) is 6.42. The fourth-order valence-electron chi connectivity index (χ4n) is 2.20. The number of hydrogen-bond acceptors (Lipinski definition) is 5. The Kier molecular flexibility index (Phi) is 2.47. The Morgan fingerprint density at radius 3 is 2.81 bits per heavy atom. The van der Waals surface area contributed by atoms with E-state index in [4.69, 9.17) is 10.2 Å². The summed E-state index contributed by atoms with van der Waals surface area (Å²) in [5.41, 5.74) is 9.98. The molecule has 0 spiro atoms. The Bertz CT molecular complexity index is 878. The maximum absolute atomic E-state index is 5.96. The molecule has 21 heavy (non-hydrogen) atoms. The second-order valence-corrected chi connectivity index (χ2v) is 4.63. The van der Waals surface area contributed by atoms with Crippen molar-refractivity contribution in [1.82, 2.24) is 20.2 Å². The minimum atomic E-state index is 0.383. The monoisotopic (exact) mass is 277 g/mol. The number of aromatic nitrogens is 4. The van der Waals surface area contributed by atoms with Gasteiger partial charge in [0.15, 0.2) is 5.58 Å². The Hall–Kier alpha value is -3.15. The van der Waals surface area contributed by atoms with E-state index >= 15 is 0 Å². The number of oxazole rings is 1. The van der Waals surface area contributed by atoms with Gasteiger partial charge in [-0.2, -0.15) is 5.10 Å². The van der Waals surface area contributed by atoms with E-state index in [0.29, 0.717) is 17.3 Å². The Balaban J connectivity index is 1.89. The number of fused-ring (bicyclic) bond motifs is 1. The fourth-order valence-corrected chi connectivity index (χ4v) is 2.20. The molecule has 0 unspecified atom stereocenters. The first-order valence-corrected chi connectivity index (χ1v) is 6.42. The van der Waals surface area contributed by atoms with Gasteiger partial charge < -0.3 is 10.2 Å². The van der Waals surface area contributed by atoms with Gasteiger partial charge in [-0.1, -0.05) is 12.1 Å². The molecule has 4 aromatic rings. The first-order chi connectivity index (χ1) is 10.3. The summed E-state index contributed by atoms with van der Waals surface area (Å²) in [6, 6.07) is 9.48. The summed E-state index contributed by atoms with van der Waals surface area (Å²) in [5, 5.41) is 6.71. The maximum Gasteiger partial charge on any atom is 0.231 e. The van der Waals surface area contributed by atoms with Crippen LogP contribution >= 0.6 is 0 Å². The van der Waals surface area contributed by atoms with Crippen LogP contribution in [0.25, 0.3) is 33.7 Å². The van der Waals surface area contributed by atoms with Gasteiger partial charge in [-0.3, -0.25) is 5.10 Å². The van der Waals surface area contributed by atoms with E-state index in [9.17, 15) is 0 Å². The van der Waals surface area contributed by atoms with Crippen LogP contribution < -0.4 is 5.73 Å². The molecule has 0 saturated carbocycles. The van der Waals surface area contributed by atoms with Gasteiger partial charge in [-0.25, -0.2) is 9.97 Å². The van der Waals surface area contributed by atoms with Crippen LogP contribution in [0.15, 0.2) is 53.3 Å².